The third-order valence-electron chi connectivity index (χ3n) is 3.52. The van der Waals surface area contributed by atoms with Gasteiger partial charge in [0.2, 0.25) is 5.91 Å². The molecule has 3 N–H and O–H groups in total. The van der Waals surface area contributed by atoms with Gasteiger partial charge in [-0.05, 0) is 51.0 Å². The van der Waals surface area contributed by atoms with Gasteiger partial charge in [0.1, 0.15) is 0 Å². The van der Waals surface area contributed by atoms with Crippen molar-refractivity contribution in [2.45, 2.75) is 72.3 Å². The minimum atomic E-state index is 0.196. The first-order valence-corrected chi connectivity index (χ1v) is 7.49. The zero-order valence-corrected chi connectivity index (χ0v) is 12.7. The smallest absolute Gasteiger partial charge is 0.220 e. The van der Waals surface area contributed by atoms with Gasteiger partial charge in [0.15, 0.2) is 0 Å². The van der Waals surface area contributed by atoms with E-state index in [0.29, 0.717) is 24.3 Å². The lowest BCUT2D eigenvalue weighted by Crippen LogP contribution is -2.32. The number of nitrogens with two attached hydrogens (primary N) is 1. The third kappa shape index (κ3) is 9.46. The van der Waals surface area contributed by atoms with Gasteiger partial charge < -0.3 is 11.1 Å². The number of hydrogen-bond acceptors (Lipinski definition) is 2. The Bertz CT molecular complexity index is 217. The summed E-state index contributed by atoms with van der Waals surface area (Å²) in [5.41, 5.74) is 5.56. The normalized spacial score (nSPS) is 14.6. The van der Waals surface area contributed by atoms with Crippen LogP contribution in [0.25, 0.3) is 0 Å². The molecule has 0 aromatic carbocycles. The molecule has 1 amide bonds. The predicted molar refractivity (Wildman–Crippen MR) is 78.4 cm³/mol. The van der Waals surface area contributed by atoms with Crippen LogP contribution in [0.2, 0.25) is 0 Å². The maximum Gasteiger partial charge on any atom is 0.220 e. The number of hydrogen-bond donors (Lipinski definition) is 2. The van der Waals surface area contributed by atoms with Crippen molar-refractivity contribution < 1.29 is 4.79 Å². The van der Waals surface area contributed by atoms with Gasteiger partial charge in [0.25, 0.3) is 0 Å². The molecule has 0 aliphatic rings. The Morgan fingerprint density at radius 1 is 1.11 bits per heavy atom. The minimum Gasteiger partial charge on any atom is -0.354 e. The average molecular weight is 256 g/mol. The molecular formula is C15H32N2O. The van der Waals surface area contributed by atoms with Gasteiger partial charge in [-0.15, -0.1) is 0 Å². The molecule has 0 aliphatic heterocycles. The van der Waals surface area contributed by atoms with Crippen molar-refractivity contribution in [2.75, 3.05) is 6.54 Å². The first kappa shape index (κ1) is 17.4. The molecule has 0 bridgehead atoms. The Hall–Kier alpha value is -0.570. The molecular weight excluding hydrogens is 224 g/mol. The number of nitrogens with one attached hydrogen (secondary N) is 1. The number of carbonyl (C=O) groups excluding carboxylic acids is 1. The predicted octanol–water partition coefficient (Wildman–Crippen LogP) is 3.08. The van der Waals surface area contributed by atoms with E-state index in [1.165, 1.54) is 6.42 Å². The summed E-state index contributed by atoms with van der Waals surface area (Å²) in [6.07, 6.45) is 6.01. The summed E-state index contributed by atoms with van der Waals surface area (Å²) in [4.78, 5) is 11.8. The molecule has 0 heterocycles. The zero-order valence-electron chi connectivity index (χ0n) is 12.7. The second-order valence-electron chi connectivity index (χ2n) is 5.83. The van der Waals surface area contributed by atoms with Crippen LogP contribution >= 0.6 is 0 Å². The Morgan fingerprint density at radius 2 is 1.78 bits per heavy atom. The molecule has 18 heavy (non-hydrogen) atoms. The highest BCUT2D eigenvalue weighted by molar-refractivity contribution is 5.76. The summed E-state index contributed by atoms with van der Waals surface area (Å²) >= 11 is 0. The van der Waals surface area contributed by atoms with E-state index < -0.39 is 0 Å². The van der Waals surface area contributed by atoms with E-state index in [-0.39, 0.29) is 5.91 Å². The van der Waals surface area contributed by atoms with Crippen LogP contribution < -0.4 is 11.1 Å². The van der Waals surface area contributed by atoms with E-state index in [4.69, 9.17) is 5.73 Å². The van der Waals surface area contributed by atoms with E-state index in [1.807, 2.05) is 0 Å². The number of rotatable bonds is 10. The molecule has 0 aliphatic carbocycles. The fourth-order valence-electron chi connectivity index (χ4n) is 2.13. The summed E-state index contributed by atoms with van der Waals surface area (Å²) in [6.45, 7) is 9.42. The first-order valence-electron chi connectivity index (χ1n) is 7.49. The van der Waals surface area contributed by atoms with Gasteiger partial charge in [-0.3, -0.25) is 4.79 Å². The quantitative estimate of drug-likeness (QED) is 0.631. The highest BCUT2D eigenvalue weighted by Gasteiger charge is 2.11. The molecule has 0 aromatic rings. The van der Waals surface area contributed by atoms with Gasteiger partial charge in [0.05, 0.1) is 0 Å². The Balaban J connectivity index is 3.75. The van der Waals surface area contributed by atoms with Crippen LogP contribution in [0.15, 0.2) is 0 Å². The Labute approximate surface area is 113 Å². The van der Waals surface area contributed by atoms with Crippen LogP contribution in [0.3, 0.4) is 0 Å². The highest BCUT2D eigenvalue weighted by Crippen LogP contribution is 2.14. The van der Waals surface area contributed by atoms with Crippen LogP contribution in [0.4, 0.5) is 0 Å². The van der Waals surface area contributed by atoms with Crippen LogP contribution in [0.1, 0.15) is 66.2 Å². The maximum absolute atomic E-state index is 11.8. The minimum absolute atomic E-state index is 0.196. The second kappa shape index (κ2) is 10.4. The van der Waals surface area contributed by atoms with Crippen molar-refractivity contribution in [2.24, 2.45) is 17.6 Å². The van der Waals surface area contributed by atoms with Gasteiger partial charge in [-0.1, -0.05) is 27.2 Å². The third-order valence-corrected chi connectivity index (χ3v) is 3.52. The molecule has 0 spiro atoms. The van der Waals surface area contributed by atoms with E-state index in [9.17, 15) is 4.79 Å². The molecule has 108 valence electrons. The van der Waals surface area contributed by atoms with Gasteiger partial charge in [0, 0.05) is 12.5 Å². The molecule has 0 saturated carbocycles. The Kier molecular flexibility index (Phi) is 10.0. The van der Waals surface area contributed by atoms with Crippen LogP contribution in [-0.2, 0) is 4.79 Å². The van der Waals surface area contributed by atoms with Gasteiger partial charge in [-0.25, -0.2) is 0 Å². The summed E-state index contributed by atoms with van der Waals surface area (Å²) in [5.74, 6) is 1.51. The van der Waals surface area contributed by atoms with Crippen molar-refractivity contribution in [1.29, 1.82) is 0 Å². The van der Waals surface area contributed by atoms with Crippen molar-refractivity contribution in [3.8, 4) is 0 Å². The molecule has 3 heteroatoms. The van der Waals surface area contributed by atoms with Crippen molar-refractivity contribution in [3.63, 3.8) is 0 Å². The van der Waals surface area contributed by atoms with E-state index in [2.05, 4.69) is 33.0 Å². The van der Waals surface area contributed by atoms with Gasteiger partial charge >= 0.3 is 0 Å². The maximum atomic E-state index is 11.8. The van der Waals surface area contributed by atoms with Crippen molar-refractivity contribution >= 4 is 5.91 Å². The summed E-state index contributed by atoms with van der Waals surface area (Å²) in [5, 5.41) is 3.09. The van der Waals surface area contributed by atoms with E-state index in [1.54, 1.807) is 0 Å². The fourth-order valence-corrected chi connectivity index (χ4v) is 2.13. The number of carbonyl (C=O) groups is 1. The summed E-state index contributed by atoms with van der Waals surface area (Å²) in [7, 11) is 0. The lowest BCUT2D eigenvalue weighted by atomic mass is 9.96. The fraction of sp³-hybridized carbons (Fsp3) is 0.933. The molecule has 3 nitrogen and oxygen atoms in total. The van der Waals surface area contributed by atoms with Crippen LogP contribution in [0.5, 0.6) is 0 Å². The average Bonchev–Trinajstić information content (AvgIpc) is 2.31. The Morgan fingerprint density at radius 3 is 2.28 bits per heavy atom. The van der Waals surface area contributed by atoms with Crippen molar-refractivity contribution in [1.82, 2.24) is 5.32 Å². The molecule has 0 aromatic heterocycles. The topological polar surface area (TPSA) is 55.1 Å². The van der Waals surface area contributed by atoms with Gasteiger partial charge in [-0.2, -0.15) is 0 Å². The SMILES string of the molecule is CCC(CCN)CCC(=O)NC(C)CCC(C)C. The largest absolute Gasteiger partial charge is 0.354 e. The number of amides is 1. The molecule has 2 atom stereocenters. The standard InChI is InChI=1S/C15H32N2O/c1-5-14(10-11-16)8-9-15(18)17-13(4)7-6-12(2)3/h12-14H,5-11,16H2,1-4H3,(H,17,18). The van der Waals surface area contributed by atoms with Crippen molar-refractivity contribution in [3.05, 3.63) is 0 Å². The second-order valence-corrected chi connectivity index (χ2v) is 5.83. The molecule has 0 rings (SSSR count). The lowest BCUT2D eigenvalue weighted by molar-refractivity contribution is -0.122. The van der Waals surface area contributed by atoms with E-state index >= 15 is 0 Å². The van der Waals surface area contributed by atoms with E-state index in [0.717, 1.165) is 32.2 Å². The molecule has 0 radical (unpaired) electrons. The molecule has 0 fully saturated rings. The monoisotopic (exact) mass is 256 g/mol. The molecule has 0 saturated heterocycles. The first-order chi connectivity index (χ1) is 8.49. The molecule has 2 unspecified atom stereocenters. The highest BCUT2D eigenvalue weighted by atomic mass is 16.1. The summed E-state index contributed by atoms with van der Waals surface area (Å²) in [6, 6.07) is 0.300. The van der Waals surface area contributed by atoms with Crippen LogP contribution in [-0.4, -0.2) is 18.5 Å². The zero-order chi connectivity index (χ0) is 14.0. The van der Waals surface area contributed by atoms with Crippen LogP contribution in [0, 0.1) is 11.8 Å². The summed E-state index contributed by atoms with van der Waals surface area (Å²) < 4.78 is 0. The lowest BCUT2D eigenvalue weighted by Gasteiger charge is -2.17.